The zero-order valence-electron chi connectivity index (χ0n) is 12.0. The van der Waals surface area contributed by atoms with Gasteiger partial charge in [-0.3, -0.25) is 0 Å². The van der Waals surface area contributed by atoms with E-state index in [1.54, 1.807) is 7.05 Å². The van der Waals surface area contributed by atoms with E-state index in [1.807, 2.05) is 0 Å². The maximum Gasteiger partial charge on any atom is 0.241 e. The van der Waals surface area contributed by atoms with Crippen LogP contribution in [0.4, 0.5) is 5.82 Å². The molecule has 0 saturated heterocycles. The molecule has 0 bridgehead atoms. The Labute approximate surface area is 114 Å². The van der Waals surface area contributed by atoms with Crippen LogP contribution in [0.25, 0.3) is 0 Å². The van der Waals surface area contributed by atoms with Crippen molar-refractivity contribution in [3.8, 4) is 0 Å². The lowest BCUT2D eigenvalue weighted by Crippen LogP contribution is -2.30. The minimum absolute atomic E-state index is 0.0288. The zero-order valence-corrected chi connectivity index (χ0v) is 12.8. The summed E-state index contributed by atoms with van der Waals surface area (Å²) in [5.41, 5.74) is -0.0577. The summed E-state index contributed by atoms with van der Waals surface area (Å²) in [7, 11) is -1.79. The van der Waals surface area contributed by atoms with Crippen molar-refractivity contribution in [3.63, 3.8) is 0 Å². The molecule has 0 amide bonds. The van der Waals surface area contributed by atoms with Crippen LogP contribution in [-0.2, 0) is 10.0 Å². The van der Waals surface area contributed by atoms with E-state index in [1.165, 1.54) is 18.3 Å². The molecule has 0 aromatic carbocycles. The van der Waals surface area contributed by atoms with Gasteiger partial charge in [0.2, 0.25) is 10.0 Å². The normalized spacial score (nSPS) is 21.1. The zero-order chi connectivity index (χ0) is 14.5. The molecule has 1 saturated carbocycles. The monoisotopic (exact) mass is 283 g/mol. The number of nitrogens with zero attached hydrogens (tertiary/aromatic N) is 1. The Balaban J connectivity index is 2.25. The maximum atomic E-state index is 12.4. The van der Waals surface area contributed by atoms with Crippen LogP contribution in [0.1, 0.15) is 27.7 Å². The van der Waals surface area contributed by atoms with Crippen molar-refractivity contribution >= 4 is 15.8 Å². The number of pyridine rings is 1. The molecule has 1 aromatic heterocycles. The predicted octanol–water partition coefficient (Wildman–Crippen LogP) is 1.84. The van der Waals surface area contributed by atoms with E-state index in [9.17, 15) is 8.42 Å². The topological polar surface area (TPSA) is 71.1 Å². The third kappa shape index (κ3) is 2.23. The Bertz CT molecular complexity index is 580. The van der Waals surface area contributed by atoms with Crippen LogP contribution in [0, 0.1) is 10.8 Å². The van der Waals surface area contributed by atoms with E-state index in [4.69, 9.17) is 0 Å². The van der Waals surface area contributed by atoms with Crippen LogP contribution in [0.5, 0.6) is 0 Å². The molecule has 5 nitrogen and oxygen atoms in total. The minimum Gasteiger partial charge on any atom is -0.373 e. The highest BCUT2D eigenvalue weighted by molar-refractivity contribution is 7.89. The Morgan fingerprint density at radius 3 is 2.26 bits per heavy atom. The van der Waals surface area contributed by atoms with Crippen molar-refractivity contribution in [1.82, 2.24) is 9.71 Å². The second kappa shape index (κ2) is 4.18. The lowest BCUT2D eigenvalue weighted by molar-refractivity contribution is 0.457. The first-order valence-corrected chi connectivity index (χ1v) is 7.77. The van der Waals surface area contributed by atoms with Gasteiger partial charge < -0.3 is 5.32 Å². The molecule has 0 radical (unpaired) electrons. The van der Waals surface area contributed by atoms with Crippen molar-refractivity contribution in [3.05, 3.63) is 18.3 Å². The van der Waals surface area contributed by atoms with Gasteiger partial charge in [0.25, 0.3) is 0 Å². The van der Waals surface area contributed by atoms with Gasteiger partial charge in [-0.1, -0.05) is 27.7 Å². The summed E-state index contributed by atoms with van der Waals surface area (Å²) in [5, 5.41) is 2.84. The number of aromatic nitrogens is 1. The molecule has 2 rings (SSSR count). The summed E-state index contributed by atoms with van der Waals surface area (Å²) < 4.78 is 27.5. The largest absolute Gasteiger partial charge is 0.373 e. The van der Waals surface area contributed by atoms with Crippen molar-refractivity contribution in [1.29, 1.82) is 0 Å². The first-order chi connectivity index (χ1) is 8.63. The summed E-state index contributed by atoms with van der Waals surface area (Å²) in [4.78, 5) is 4.26. The second-order valence-corrected chi connectivity index (χ2v) is 7.84. The molecular formula is C13H21N3O2S. The Kier molecular flexibility index (Phi) is 3.14. The standard InChI is InChI=1S/C13H21N3O2S/c1-12(2)11(13(12,3)4)16-19(17,18)9-6-7-15-10(8-9)14-5/h6-8,11,16H,1-5H3,(H,14,15). The van der Waals surface area contributed by atoms with Gasteiger partial charge in [-0.15, -0.1) is 0 Å². The molecule has 0 atom stereocenters. The fourth-order valence-electron chi connectivity index (χ4n) is 2.43. The van der Waals surface area contributed by atoms with Gasteiger partial charge in [-0.2, -0.15) is 0 Å². The van der Waals surface area contributed by atoms with Crippen molar-refractivity contribution in [2.75, 3.05) is 12.4 Å². The highest BCUT2D eigenvalue weighted by atomic mass is 32.2. The fraction of sp³-hybridized carbons (Fsp3) is 0.615. The summed E-state index contributed by atoms with van der Waals surface area (Å²) in [6.07, 6.45) is 1.49. The SMILES string of the molecule is CNc1cc(S(=O)(=O)NC2C(C)(C)C2(C)C)ccn1. The van der Waals surface area contributed by atoms with Crippen LogP contribution < -0.4 is 10.0 Å². The lowest BCUT2D eigenvalue weighted by atomic mass is 10.0. The molecule has 19 heavy (non-hydrogen) atoms. The molecule has 1 heterocycles. The first kappa shape index (κ1) is 14.3. The lowest BCUT2D eigenvalue weighted by Gasteiger charge is -2.09. The van der Waals surface area contributed by atoms with Gasteiger partial charge in [0.1, 0.15) is 5.82 Å². The number of anilines is 1. The quantitative estimate of drug-likeness (QED) is 0.884. The summed E-state index contributed by atoms with van der Waals surface area (Å²) in [6.45, 7) is 8.30. The van der Waals surface area contributed by atoms with Crippen molar-refractivity contribution in [2.45, 2.75) is 38.6 Å². The highest BCUT2D eigenvalue weighted by Gasteiger charge is 2.66. The van der Waals surface area contributed by atoms with Crippen LogP contribution in [-0.4, -0.2) is 26.5 Å². The average molecular weight is 283 g/mol. The number of hydrogen-bond acceptors (Lipinski definition) is 4. The third-order valence-corrected chi connectivity index (χ3v) is 6.01. The van der Waals surface area contributed by atoms with Crippen LogP contribution >= 0.6 is 0 Å². The Morgan fingerprint density at radius 2 is 1.79 bits per heavy atom. The average Bonchev–Trinajstić information content (AvgIpc) is 2.71. The summed E-state index contributed by atoms with van der Waals surface area (Å²) >= 11 is 0. The van der Waals surface area contributed by atoms with Crippen LogP contribution in [0.3, 0.4) is 0 Å². The molecule has 1 aliphatic carbocycles. The Morgan fingerprint density at radius 1 is 1.21 bits per heavy atom. The van der Waals surface area contributed by atoms with Gasteiger partial charge in [0.15, 0.2) is 0 Å². The molecular weight excluding hydrogens is 262 g/mol. The number of sulfonamides is 1. The molecule has 1 fully saturated rings. The molecule has 2 N–H and O–H groups in total. The number of hydrogen-bond donors (Lipinski definition) is 2. The molecule has 0 aliphatic heterocycles. The summed E-state index contributed by atoms with van der Waals surface area (Å²) in [5.74, 6) is 0.539. The van der Waals surface area contributed by atoms with Gasteiger partial charge in [-0.05, 0) is 16.9 Å². The van der Waals surface area contributed by atoms with E-state index in [0.717, 1.165) is 0 Å². The van der Waals surface area contributed by atoms with Crippen LogP contribution in [0.2, 0.25) is 0 Å². The van der Waals surface area contributed by atoms with Crippen LogP contribution in [0.15, 0.2) is 23.2 Å². The van der Waals surface area contributed by atoms with Gasteiger partial charge in [-0.25, -0.2) is 18.1 Å². The van der Waals surface area contributed by atoms with Gasteiger partial charge in [0, 0.05) is 25.4 Å². The number of rotatable bonds is 4. The fourth-order valence-corrected chi connectivity index (χ4v) is 3.97. The van der Waals surface area contributed by atoms with E-state index in [2.05, 4.69) is 42.7 Å². The highest BCUT2D eigenvalue weighted by Crippen LogP contribution is 2.62. The van der Waals surface area contributed by atoms with E-state index >= 15 is 0 Å². The first-order valence-electron chi connectivity index (χ1n) is 6.29. The molecule has 1 aromatic rings. The Hall–Kier alpha value is -1.14. The maximum absolute atomic E-state index is 12.4. The van der Waals surface area contributed by atoms with Crippen molar-refractivity contribution in [2.24, 2.45) is 10.8 Å². The molecule has 106 valence electrons. The molecule has 0 unspecified atom stereocenters. The van der Waals surface area contributed by atoms with Gasteiger partial charge in [0.05, 0.1) is 4.90 Å². The molecule has 1 aliphatic rings. The smallest absolute Gasteiger partial charge is 0.241 e. The molecule has 0 spiro atoms. The van der Waals surface area contributed by atoms with E-state index in [0.29, 0.717) is 5.82 Å². The number of nitrogens with one attached hydrogen (secondary N) is 2. The second-order valence-electron chi connectivity index (χ2n) is 6.12. The molecule has 6 heteroatoms. The van der Waals surface area contributed by atoms with Crippen molar-refractivity contribution < 1.29 is 8.42 Å². The third-order valence-electron chi connectivity index (χ3n) is 4.59. The van der Waals surface area contributed by atoms with E-state index in [-0.39, 0.29) is 21.8 Å². The van der Waals surface area contributed by atoms with E-state index < -0.39 is 10.0 Å². The van der Waals surface area contributed by atoms with Gasteiger partial charge >= 0.3 is 0 Å². The predicted molar refractivity (Wildman–Crippen MR) is 75.5 cm³/mol. The summed E-state index contributed by atoms with van der Waals surface area (Å²) in [6, 6.07) is 2.99. The minimum atomic E-state index is -3.50.